The lowest BCUT2D eigenvalue weighted by atomic mass is 9.89. The molecular weight excluding hydrogens is 276 g/mol. The third-order valence-electron chi connectivity index (χ3n) is 3.72. The topological polar surface area (TPSA) is 43.4 Å². The molecule has 0 aliphatic rings. The van der Waals surface area contributed by atoms with Crippen LogP contribution in [0.3, 0.4) is 0 Å². The van der Waals surface area contributed by atoms with Gasteiger partial charge in [0.15, 0.2) is 5.78 Å². The Labute approximate surface area is 130 Å². The Hall–Kier alpha value is -2.42. The first-order valence-corrected chi connectivity index (χ1v) is 7.31. The molecule has 22 heavy (non-hydrogen) atoms. The Bertz CT molecular complexity index is 629. The molecule has 0 radical (unpaired) electrons. The number of rotatable bonds is 6. The fourth-order valence-corrected chi connectivity index (χ4v) is 2.40. The first-order valence-electron chi connectivity index (χ1n) is 7.31. The van der Waals surface area contributed by atoms with Gasteiger partial charge in [-0.05, 0) is 12.5 Å². The third kappa shape index (κ3) is 4.29. The molecule has 0 saturated carbocycles. The van der Waals surface area contributed by atoms with E-state index in [1.54, 1.807) is 0 Å². The van der Waals surface area contributed by atoms with E-state index >= 15 is 0 Å². The Morgan fingerprint density at radius 1 is 0.955 bits per heavy atom. The molecule has 114 valence electrons. The fourth-order valence-electron chi connectivity index (χ4n) is 2.40. The summed E-state index contributed by atoms with van der Waals surface area (Å²) in [5.74, 6) is -0.425. The van der Waals surface area contributed by atoms with Crippen molar-refractivity contribution in [1.29, 1.82) is 0 Å². The number of Topliss-reactive ketones (excluding diaryl/α,β-unsaturated/α-hetero) is 1. The van der Waals surface area contributed by atoms with Crippen molar-refractivity contribution in [1.82, 2.24) is 0 Å². The summed E-state index contributed by atoms with van der Waals surface area (Å²) >= 11 is 0. The Morgan fingerprint density at radius 3 is 2.18 bits per heavy atom. The van der Waals surface area contributed by atoms with Crippen LogP contribution in [0, 0.1) is 6.92 Å². The van der Waals surface area contributed by atoms with Crippen LogP contribution < -0.4 is 0 Å². The van der Waals surface area contributed by atoms with Gasteiger partial charge < -0.3 is 4.74 Å². The predicted molar refractivity (Wildman–Crippen MR) is 85.9 cm³/mol. The van der Waals surface area contributed by atoms with Crippen LogP contribution in [0.4, 0.5) is 0 Å². The highest BCUT2D eigenvalue weighted by atomic mass is 16.5. The smallest absolute Gasteiger partial charge is 0.306 e. The summed E-state index contributed by atoms with van der Waals surface area (Å²) in [6.07, 6.45) is 0.500. The second kappa shape index (κ2) is 7.55. The van der Waals surface area contributed by atoms with E-state index < -0.39 is 0 Å². The van der Waals surface area contributed by atoms with Crippen LogP contribution in [0.15, 0.2) is 54.6 Å². The van der Waals surface area contributed by atoms with E-state index in [9.17, 15) is 9.59 Å². The largest absolute Gasteiger partial charge is 0.469 e. The fraction of sp³-hybridized carbons (Fsp3) is 0.263. The number of hydrogen-bond donors (Lipinski definition) is 0. The molecule has 0 bridgehead atoms. The molecule has 0 aliphatic heterocycles. The van der Waals surface area contributed by atoms with Crippen LogP contribution in [0.5, 0.6) is 0 Å². The standard InChI is InChI=1S/C19H20O3/c1-14-8-10-16(11-9-14)18(20)12-17(13-19(21)22-2)15-6-4-3-5-7-15/h3-11,17H,12-13H2,1-2H3. The average molecular weight is 296 g/mol. The number of benzene rings is 2. The normalized spacial score (nSPS) is 11.7. The minimum absolute atomic E-state index is 0.0396. The van der Waals surface area contributed by atoms with Gasteiger partial charge in [0.25, 0.3) is 0 Å². The van der Waals surface area contributed by atoms with Crippen molar-refractivity contribution in [3.8, 4) is 0 Å². The van der Waals surface area contributed by atoms with Crippen molar-refractivity contribution < 1.29 is 14.3 Å². The zero-order valence-corrected chi connectivity index (χ0v) is 12.9. The van der Waals surface area contributed by atoms with E-state index in [2.05, 4.69) is 0 Å². The van der Waals surface area contributed by atoms with Crippen molar-refractivity contribution in [3.63, 3.8) is 0 Å². The number of carbonyl (C=O) groups excluding carboxylic acids is 2. The summed E-state index contributed by atoms with van der Waals surface area (Å²) in [4.78, 5) is 24.1. The Kier molecular flexibility index (Phi) is 5.48. The van der Waals surface area contributed by atoms with Crippen molar-refractivity contribution in [2.75, 3.05) is 7.11 Å². The van der Waals surface area contributed by atoms with Gasteiger partial charge in [-0.1, -0.05) is 60.2 Å². The van der Waals surface area contributed by atoms with Crippen molar-refractivity contribution in [3.05, 3.63) is 71.3 Å². The monoisotopic (exact) mass is 296 g/mol. The van der Waals surface area contributed by atoms with Crippen molar-refractivity contribution in [2.45, 2.75) is 25.7 Å². The van der Waals surface area contributed by atoms with Gasteiger partial charge in [0, 0.05) is 17.9 Å². The van der Waals surface area contributed by atoms with E-state index in [1.807, 2.05) is 61.5 Å². The van der Waals surface area contributed by atoms with E-state index in [4.69, 9.17) is 4.74 Å². The van der Waals surface area contributed by atoms with Gasteiger partial charge in [-0.25, -0.2) is 0 Å². The maximum Gasteiger partial charge on any atom is 0.306 e. The first kappa shape index (κ1) is 16.0. The van der Waals surface area contributed by atoms with Crippen LogP contribution in [0.25, 0.3) is 0 Å². The molecule has 0 N–H and O–H groups in total. The van der Waals surface area contributed by atoms with Crippen LogP contribution in [0.1, 0.15) is 40.2 Å². The molecule has 0 aromatic heterocycles. The number of aryl methyl sites for hydroxylation is 1. The van der Waals surface area contributed by atoms with Gasteiger partial charge in [-0.2, -0.15) is 0 Å². The number of esters is 1. The zero-order valence-electron chi connectivity index (χ0n) is 12.9. The van der Waals surface area contributed by atoms with Gasteiger partial charge in [0.2, 0.25) is 0 Å². The van der Waals surface area contributed by atoms with Crippen molar-refractivity contribution >= 4 is 11.8 Å². The third-order valence-corrected chi connectivity index (χ3v) is 3.72. The molecule has 0 aliphatic carbocycles. The number of carbonyl (C=O) groups is 2. The summed E-state index contributed by atoms with van der Waals surface area (Å²) in [5.41, 5.74) is 2.77. The molecule has 2 rings (SSSR count). The number of ketones is 1. The molecule has 0 heterocycles. The highest BCUT2D eigenvalue weighted by Crippen LogP contribution is 2.25. The maximum absolute atomic E-state index is 12.5. The SMILES string of the molecule is COC(=O)CC(CC(=O)c1ccc(C)cc1)c1ccccc1. The van der Waals surface area contributed by atoms with E-state index in [-0.39, 0.29) is 24.1 Å². The summed E-state index contributed by atoms with van der Waals surface area (Å²) in [6, 6.07) is 17.1. The van der Waals surface area contributed by atoms with Gasteiger partial charge in [0.1, 0.15) is 0 Å². The van der Waals surface area contributed by atoms with Crippen molar-refractivity contribution in [2.24, 2.45) is 0 Å². The predicted octanol–water partition coefficient (Wildman–Crippen LogP) is 3.91. The lowest BCUT2D eigenvalue weighted by Crippen LogP contribution is -2.13. The molecule has 0 saturated heterocycles. The van der Waals surface area contributed by atoms with Gasteiger partial charge in [-0.3, -0.25) is 9.59 Å². The average Bonchev–Trinajstić information content (AvgIpc) is 2.55. The minimum Gasteiger partial charge on any atom is -0.469 e. The molecular formula is C19H20O3. The van der Waals surface area contributed by atoms with E-state index in [1.165, 1.54) is 7.11 Å². The molecule has 2 aromatic carbocycles. The van der Waals surface area contributed by atoms with Crippen LogP contribution in [0.2, 0.25) is 0 Å². The second-order valence-electron chi connectivity index (χ2n) is 5.38. The van der Waals surface area contributed by atoms with Crippen LogP contribution in [-0.2, 0) is 9.53 Å². The molecule has 1 atom stereocenters. The van der Waals surface area contributed by atoms with Gasteiger partial charge >= 0.3 is 5.97 Å². The number of ether oxygens (including phenoxy) is 1. The highest BCUT2D eigenvalue weighted by Gasteiger charge is 2.20. The molecule has 0 spiro atoms. The molecule has 3 nitrogen and oxygen atoms in total. The lowest BCUT2D eigenvalue weighted by Gasteiger charge is -2.15. The second-order valence-corrected chi connectivity index (χ2v) is 5.38. The lowest BCUT2D eigenvalue weighted by molar-refractivity contribution is -0.141. The van der Waals surface area contributed by atoms with Crippen LogP contribution >= 0.6 is 0 Å². The number of hydrogen-bond acceptors (Lipinski definition) is 3. The maximum atomic E-state index is 12.5. The minimum atomic E-state index is -0.300. The quantitative estimate of drug-likeness (QED) is 0.599. The molecule has 3 heteroatoms. The summed E-state index contributed by atoms with van der Waals surface area (Å²) < 4.78 is 4.75. The molecule has 2 aromatic rings. The van der Waals surface area contributed by atoms with E-state index in [0.717, 1.165) is 11.1 Å². The highest BCUT2D eigenvalue weighted by molar-refractivity contribution is 5.96. The summed E-state index contributed by atoms with van der Waals surface area (Å²) in [7, 11) is 1.37. The van der Waals surface area contributed by atoms with Gasteiger partial charge in [-0.15, -0.1) is 0 Å². The van der Waals surface area contributed by atoms with E-state index in [0.29, 0.717) is 12.0 Å². The number of methoxy groups -OCH3 is 1. The van der Waals surface area contributed by atoms with Crippen LogP contribution in [-0.4, -0.2) is 18.9 Å². The first-order chi connectivity index (χ1) is 10.6. The summed E-state index contributed by atoms with van der Waals surface area (Å²) in [5, 5.41) is 0. The Morgan fingerprint density at radius 2 is 1.59 bits per heavy atom. The Balaban J connectivity index is 2.17. The molecule has 0 fully saturated rings. The molecule has 0 amide bonds. The zero-order chi connectivity index (χ0) is 15.9. The summed E-state index contributed by atoms with van der Waals surface area (Å²) in [6.45, 7) is 1.98. The van der Waals surface area contributed by atoms with Gasteiger partial charge in [0.05, 0.1) is 13.5 Å². The molecule has 1 unspecified atom stereocenters.